The van der Waals surface area contributed by atoms with Crippen LogP contribution in [0.3, 0.4) is 0 Å². The summed E-state index contributed by atoms with van der Waals surface area (Å²) in [4.78, 5) is 12.7. The predicted octanol–water partition coefficient (Wildman–Crippen LogP) is -0.611. The maximum Gasteiger partial charge on any atom is 0.412 e. The molecule has 0 unspecified atom stereocenters. The molecule has 1 amide bonds. The lowest BCUT2D eigenvalue weighted by molar-refractivity contribution is 0.00340. The molecule has 88 valence electrons. The highest BCUT2D eigenvalue weighted by Gasteiger charge is 2.18. The van der Waals surface area contributed by atoms with Crippen molar-refractivity contribution in [2.75, 3.05) is 39.4 Å². The van der Waals surface area contributed by atoms with E-state index in [9.17, 15) is 13.2 Å². The van der Waals surface area contributed by atoms with Gasteiger partial charge in [-0.05, 0) is 0 Å². The highest BCUT2D eigenvalue weighted by atomic mass is 32.2. The summed E-state index contributed by atoms with van der Waals surface area (Å²) < 4.78 is 35.0. The van der Waals surface area contributed by atoms with Gasteiger partial charge >= 0.3 is 6.09 Å². The summed E-state index contributed by atoms with van der Waals surface area (Å²) in [6.45, 7) is 1.22. The van der Waals surface area contributed by atoms with Gasteiger partial charge in [0, 0.05) is 13.1 Å². The molecule has 0 atom stereocenters. The van der Waals surface area contributed by atoms with Crippen LogP contribution in [0.4, 0.5) is 4.79 Å². The molecule has 1 aliphatic heterocycles. The second-order valence-electron chi connectivity index (χ2n) is 2.95. The molecule has 0 bridgehead atoms. The smallest absolute Gasteiger partial charge is 0.412 e. The van der Waals surface area contributed by atoms with E-state index < -0.39 is 23.0 Å². The number of carbonyl (C=O) groups is 1. The van der Waals surface area contributed by atoms with Gasteiger partial charge in [-0.2, -0.15) is 8.42 Å². The zero-order chi connectivity index (χ0) is 11.3. The van der Waals surface area contributed by atoms with Crippen molar-refractivity contribution in [2.24, 2.45) is 0 Å². The number of ether oxygens (including phenoxy) is 2. The Morgan fingerprint density at radius 1 is 1.40 bits per heavy atom. The van der Waals surface area contributed by atoms with Crippen LogP contribution >= 0.6 is 0 Å². The fourth-order valence-electron chi connectivity index (χ4n) is 0.999. The number of morpholine rings is 1. The van der Waals surface area contributed by atoms with Gasteiger partial charge in [0.15, 0.2) is 0 Å². The highest BCUT2D eigenvalue weighted by molar-refractivity contribution is 7.85. The standard InChI is InChI=1S/C7H13NO6S/c1-15(10,11)14-6-13-7(9)8-2-4-12-5-3-8/h2-6H2,1H3. The van der Waals surface area contributed by atoms with Crippen molar-refractivity contribution < 1.29 is 26.9 Å². The number of carbonyl (C=O) groups excluding carboxylic acids is 1. The molecule has 0 aromatic carbocycles. The Kier molecular flexibility index (Phi) is 4.30. The summed E-state index contributed by atoms with van der Waals surface area (Å²) in [5.41, 5.74) is 0. The zero-order valence-electron chi connectivity index (χ0n) is 8.34. The van der Waals surface area contributed by atoms with E-state index >= 15 is 0 Å². The monoisotopic (exact) mass is 239 g/mol. The van der Waals surface area contributed by atoms with Crippen LogP contribution in [-0.4, -0.2) is 58.8 Å². The Morgan fingerprint density at radius 2 is 2.00 bits per heavy atom. The molecule has 15 heavy (non-hydrogen) atoms. The van der Waals surface area contributed by atoms with Crippen molar-refractivity contribution in [3.8, 4) is 0 Å². The van der Waals surface area contributed by atoms with Gasteiger partial charge in [0.25, 0.3) is 10.1 Å². The second kappa shape index (κ2) is 5.29. The third kappa shape index (κ3) is 4.96. The van der Waals surface area contributed by atoms with E-state index in [0.29, 0.717) is 26.3 Å². The number of amides is 1. The molecule has 8 heteroatoms. The molecule has 0 aromatic rings. The first-order valence-corrected chi connectivity index (χ1v) is 6.14. The van der Waals surface area contributed by atoms with Gasteiger partial charge in [-0.15, -0.1) is 0 Å². The SMILES string of the molecule is CS(=O)(=O)OCOC(=O)N1CCOCC1. The lowest BCUT2D eigenvalue weighted by Gasteiger charge is -2.25. The van der Waals surface area contributed by atoms with Gasteiger partial charge in [-0.3, -0.25) is 0 Å². The zero-order valence-corrected chi connectivity index (χ0v) is 9.16. The quantitative estimate of drug-likeness (QED) is 0.482. The third-order valence-electron chi connectivity index (χ3n) is 1.71. The fraction of sp³-hybridized carbons (Fsp3) is 0.857. The number of hydrogen-bond donors (Lipinski definition) is 0. The minimum Gasteiger partial charge on any atom is -0.421 e. The second-order valence-corrected chi connectivity index (χ2v) is 4.59. The van der Waals surface area contributed by atoms with Crippen molar-refractivity contribution in [2.45, 2.75) is 0 Å². The lowest BCUT2D eigenvalue weighted by atomic mass is 10.5. The fourth-order valence-corrected chi connectivity index (χ4v) is 1.22. The summed E-state index contributed by atoms with van der Waals surface area (Å²) >= 11 is 0. The molecule has 0 aliphatic carbocycles. The van der Waals surface area contributed by atoms with Gasteiger partial charge in [0.05, 0.1) is 19.5 Å². The first-order chi connectivity index (χ1) is 6.99. The maximum absolute atomic E-state index is 11.3. The molecular weight excluding hydrogens is 226 g/mol. The molecule has 1 rings (SSSR count). The summed E-state index contributed by atoms with van der Waals surface area (Å²) in [6.07, 6.45) is 0.289. The van der Waals surface area contributed by atoms with Gasteiger partial charge in [-0.25, -0.2) is 8.98 Å². The average molecular weight is 239 g/mol. The maximum atomic E-state index is 11.3. The molecule has 1 aliphatic rings. The molecule has 0 saturated carbocycles. The van der Waals surface area contributed by atoms with Crippen LogP contribution in [0.1, 0.15) is 0 Å². The summed E-state index contributed by atoms with van der Waals surface area (Å²) in [7, 11) is -3.57. The van der Waals surface area contributed by atoms with Crippen molar-refractivity contribution in [1.29, 1.82) is 0 Å². The van der Waals surface area contributed by atoms with Gasteiger partial charge < -0.3 is 14.4 Å². The Labute approximate surface area is 88.0 Å². The normalized spacial score (nSPS) is 17.5. The highest BCUT2D eigenvalue weighted by Crippen LogP contribution is 2.00. The van der Waals surface area contributed by atoms with Crippen LogP contribution in [0.25, 0.3) is 0 Å². The molecule has 1 heterocycles. The van der Waals surface area contributed by atoms with Crippen LogP contribution in [-0.2, 0) is 23.8 Å². The van der Waals surface area contributed by atoms with Crippen molar-refractivity contribution in [1.82, 2.24) is 4.90 Å². The van der Waals surface area contributed by atoms with Crippen LogP contribution in [0.15, 0.2) is 0 Å². The average Bonchev–Trinajstić information content (AvgIpc) is 2.17. The van der Waals surface area contributed by atoms with Gasteiger partial charge in [0.1, 0.15) is 0 Å². The van der Waals surface area contributed by atoms with Crippen LogP contribution in [0.5, 0.6) is 0 Å². The van der Waals surface area contributed by atoms with E-state index in [1.54, 1.807) is 0 Å². The Bertz CT molecular complexity index is 307. The van der Waals surface area contributed by atoms with Crippen LogP contribution in [0.2, 0.25) is 0 Å². The number of rotatable bonds is 3. The predicted molar refractivity (Wildman–Crippen MR) is 49.7 cm³/mol. The first-order valence-electron chi connectivity index (χ1n) is 4.33. The minimum absolute atomic E-state index is 0.442. The third-order valence-corrected chi connectivity index (χ3v) is 2.24. The van der Waals surface area contributed by atoms with Gasteiger partial charge in [0.2, 0.25) is 6.79 Å². The van der Waals surface area contributed by atoms with Crippen molar-refractivity contribution in [3.63, 3.8) is 0 Å². The Balaban J connectivity index is 2.23. The van der Waals surface area contributed by atoms with E-state index in [2.05, 4.69) is 8.92 Å². The molecular formula is C7H13NO6S. The first kappa shape index (κ1) is 12.2. The van der Waals surface area contributed by atoms with E-state index in [-0.39, 0.29) is 0 Å². The van der Waals surface area contributed by atoms with E-state index in [4.69, 9.17) is 4.74 Å². The molecule has 0 aromatic heterocycles. The summed E-state index contributed by atoms with van der Waals surface area (Å²) in [5.74, 6) is 0. The number of hydrogen-bond acceptors (Lipinski definition) is 6. The molecule has 7 nitrogen and oxygen atoms in total. The minimum atomic E-state index is -3.57. The van der Waals surface area contributed by atoms with E-state index in [0.717, 1.165) is 6.26 Å². The van der Waals surface area contributed by atoms with E-state index in [1.807, 2.05) is 0 Å². The summed E-state index contributed by atoms with van der Waals surface area (Å²) in [5, 5.41) is 0. The lowest BCUT2D eigenvalue weighted by Crippen LogP contribution is -2.41. The molecule has 0 N–H and O–H groups in total. The van der Waals surface area contributed by atoms with Gasteiger partial charge in [-0.1, -0.05) is 0 Å². The molecule has 0 spiro atoms. The number of nitrogens with zero attached hydrogens (tertiary/aromatic N) is 1. The molecule has 0 radical (unpaired) electrons. The molecule has 1 saturated heterocycles. The molecule has 1 fully saturated rings. The Hall–Kier alpha value is -0.860. The van der Waals surface area contributed by atoms with Crippen LogP contribution < -0.4 is 0 Å². The van der Waals surface area contributed by atoms with E-state index in [1.165, 1.54) is 4.90 Å². The topological polar surface area (TPSA) is 82.1 Å². The largest absolute Gasteiger partial charge is 0.421 e. The van der Waals surface area contributed by atoms with Crippen LogP contribution in [0, 0.1) is 0 Å². The van der Waals surface area contributed by atoms with Crippen molar-refractivity contribution in [3.05, 3.63) is 0 Å². The Morgan fingerprint density at radius 3 is 2.53 bits per heavy atom. The summed E-state index contributed by atoms with van der Waals surface area (Å²) in [6, 6.07) is 0. The van der Waals surface area contributed by atoms with Crippen molar-refractivity contribution >= 4 is 16.2 Å².